The number of hydrogen-bond acceptors (Lipinski definition) is 4. The Morgan fingerprint density at radius 1 is 1.03 bits per heavy atom. The molecule has 2 amide bonds. The zero-order chi connectivity index (χ0) is 23.9. The fourth-order valence-corrected chi connectivity index (χ4v) is 4.76. The van der Waals surface area contributed by atoms with E-state index in [1.54, 1.807) is 4.90 Å². The molecule has 6 nitrogen and oxygen atoms in total. The molecule has 6 heteroatoms. The largest absolute Gasteiger partial charge is 0.486 e. The van der Waals surface area contributed by atoms with Crippen molar-refractivity contribution in [1.82, 2.24) is 10.2 Å². The molecule has 2 aliphatic rings. The van der Waals surface area contributed by atoms with E-state index in [1.165, 1.54) is 6.42 Å². The van der Waals surface area contributed by atoms with Crippen molar-refractivity contribution in [3.8, 4) is 11.5 Å². The smallest absolute Gasteiger partial charge is 0.242 e. The third-order valence-electron chi connectivity index (χ3n) is 6.95. The lowest BCUT2D eigenvalue weighted by atomic mass is 9.95. The molecular formula is C28H36N2O4. The van der Waals surface area contributed by atoms with Gasteiger partial charge in [-0.3, -0.25) is 9.59 Å². The van der Waals surface area contributed by atoms with Gasteiger partial charge in [-0.1, -0.05) is 49.6 Å². The van der Waals surface area contributed by atoms with Gasteiger partial charge in [0.25, 0.3) is 0 Å². The normalized spacial score (nSPS) is 16.5. The van der Waals surface area contributed by atoms with Crippen molar-refractivity contribution in [3.63, 3.8) is 0 Å². The van der Waals surface area contributed by atoms with Crippen molar-refractivity contribution in [2.75, 3.05) is 13.2 Å². The van der Waals surface area contributed by atoms with Crippen LogP contribution in [0.15, 0.2) is 42.5 Å². The number of nitrogens with one attached hydrogen (secondary N) is 1. The second kappa shape index (κ2) is 11.4. The van der Waals surface area contributed by atoms with Gasteiger partial charge in [-0.2, -0.15) is 0 Å². The Morgan fingerprint density at radius 2 is 1.76 bits per heavy atom. The van der Waals surface area contributed by atoms with Gasteiger partial charge in [0.05, 0.1) is 0 Å². The summed E-state index contributed by atoms with van der Waals surface area (Å²) in [6, 6.07) is 13.6. The number of ether oxygens (including phenoxy) is 2. The molecule has 0 bridgehead atoms. The molecule has 182 valence electrons. The fraction of sp³-hybridized carbons (Fsp3) is 0.500. The SMILES string of the molecule is Cc1ccccc1CN(C(=O)CCc1ccc2c(c1)OCCO2)C(C)C(=O)NC1CCCCC1. The number of carbonyl (C=O) groups excluding carboxylic acids is 2. The third-order valence-corrected chi connectivity index (χ3v) is 6.95. The Balaban J connectivity index is 1.45. The van der Waals surface area contributed by atoms with Crippen molar-refractivity contribution in [3.05, 3.63) is 59.2 Å². The molecule has 1 atom stereocenters. The van der Waals surface area contributed by atoms with E-state index in [0.29, 0.717) is 32.6 Å². The van der Waals surface area contributed by atoms with Crippen molar-refractivity contribution >= 4 is 11.8 Å². The van der Waals surface area contributed by atoms with Crippen molar-refractivity contribution in [1.29, 1.82) is 0 Å². The summed E-state index contributed by atoms with van der Waals surface area (Å²) in [5.41, 5.74) is 3.20. The van der Waals surface area contributed by atoms with Gasteiger partial charge in [-0.05, 0) is 61.9 Å². The van der Waals surface area contributed by atoms with E-state index in [-0.39, 0.29) is 17.9 Å². The van der Waals surface area contributed by atoms with E-state index in [2.05, 4.69) is 5.32 Å². The van der Waals surface area contributed by atoms with E-state index in [0.717, 1.165) is 53.9 Å². The summed E-state index contributed by atoms with van der Waals surface area (Å²) in [7, 11) is 0. The summed E-state index contributed by atoms with van der Waals surface area (Å²) in [6.07, 6.45) is 6.49. The van der Waals surface area contributed by atoms with Crippen molar-refractivity contribution in [2.24, 2.45) is 0 Å². The van der Waals surface area contributed by atoms with Crippen LogP contribution in [-0.4, -0.2) is 42.0 Å². The second-order valence-electron chi connectivity index (χ2n) is 9.45. The number of amides is 2. The highest BCUT2D eigenvalue weighted by Crippen LogP contribution is 2.31. The van der Waals surface area contributed by atoms with Gasteiger partial charge >= 0.3 is 0 Å². The molecule has 1 unspecified atom stereocenters. The average Bonchev–Trinajstić information content (AvgIpc) is 2.87. The first kappa shape index (κ1) is 24.1. The maximum Gasteiger partial charge on any atom is 0.242 e. The number of aryl methyl sites for hydroxylation is 2. The second-order valence-corrected chi connectivity index (χ2v) is 9.45. The number of nitrogens with zero attached hydrogens (tertiary/aromatic N) is 1. The molecule has 1 N–H and O–H groups in total. The molecule has 0 spiro atoms. The zero-order valence-electron chi connectivity index (χ0n) is 20.3. The van der Waals surface area contributed by atoms with Crippen LogP contribution < -0.4 is 14.8 Å². The van der Waals surface area contributed by atoms with Crippen LogP contribution in [0.25, 0.3) is 0 Å². The Kier molecular flexibility index (Phi) is 8.09. The van der Waals surface area contributed by atoms with Gasteiger partial charge in [0.15, 0.2) is 11.5 Å². The Bertz CT molecular complexity index is 1000. The van der Waals surface area contributed by atoms with Gasteiger partial charge in [0, 0.05) is 19.0 Å². The maximum absolute atomic E-state index is 13.4. The van der Waals surface area contributed by atoms with Gasteiger partial charge < -0.3 is 19.7 Å². The van der Waals surface area contributed by atoms with E-state index in [1.807, 2.05) is 56.3 Å². The lowest BCUT2D eigenvalue weighted by Crippen LogP contribution is -2.50. The van der Waals surface area contributed by atoms with Gasteiger partial charge in [-0.25, -0.2) is 0 Å². The molecule has 0 saturated heterocycles. The van der Waals surface area contributed by atoms with E-state index in [4.69, 9.17) is 9.47 Å². The Hall–Kier alpha value is -3.02. The minimum Gasteiger partial charge on any atom is -0.486 e. The molecule has 1 fully saturated rings. The van der Waals surface area contributed by atoms with Crippen LogP contribution in [-0.2, 0) is 22.6 Å². The molecule has 1 saturated carbocycles. The third kappa shape index (κ3) is 6.10. The molecule has 4 rings (SSSR count). The highest BCUT2D eigenvalue weighted by molar-refractivity contribution is 5.87. The van der Waals surface area contributed by atoms with Crippen LogP contribution in [0.1, 0.15) is 62.1 Å². The van der Waals surface area contributed by atoms with Gasteiger partial charge in [0.1, 0.15) is 19.3 Å². The standard InChI is InChI=1S/C28H36N2O4/c1-20-8-6-7-9-23(20)19-30(21(2)28(32)29-24-10-4-3-5-11-24)27(31)15-13-22-12-14-25-26(18-22)34-17-16-33-25/h6-9,12,14,18,21,24H,3-5,10-11,13,15-17,19H2,1-2H3,(H,29,32). The highest BCUT2D eigenvalue weighted by Gasteiger charge is 2.28. The summed E-state index contributed by atoms with van der Waals surface area (Å²) in [4.78, 5) is 28.3. The molecule has 1 aliphatic heterocycles. The lowest BCUT2D eigenvalue weighted by molar-refractivity contribution is -0.141. The molecule has 0 aromatic heterocycles. The summed E-state index contributed by atoms with van der Waals surface area (Å²) >= 11 is 0. The van der Waals surface area contributed by atoms with Crippen LogP contribution in [0.4, 0.5) is 0 Å². The number of carbonyl (C=O) groups is 2. The number of rotatable bonds is 8. The first-order valence-corrected chi connectivity index (χ1v) is 12.5. The van der Waals surface area contributed by atoms with Crippen molar-refractivity contribution in [2.45, 2.75) is 77.4 Å². The van der Waals surface area contributed by atoms with Crippen molar-refractivity contribution < 1.29 is 19.1 Å². The van der Waals surface area contributed by atoms with E-state index < -0.39 is 6.04 Å². The minimum absolute atomic E-state index is 0.0237. The Morgan fingerprint density at radius 3 is 2.53 bits per heavy atom. The number of benzene rings is 2. The minimum atomic E-state index is -0.533. The number of hydrogen-bond donors (Lipinski definition) is 1. The lowest BCUT2D eigenvalue weighted by Gasteiger charge is -2.31. The van der Waals surface area contributed by atoms with E-state index in [9.17, 15) is 9.59 Å². The van der Waals surface area contributed by atoms with Gasteiger partial charge in [-0.15, -0.1) is 0 Å². The average molecular weight is 465 g/mol. The first-order valence-electron chi connectivity index (χ1n) is 12.5. The molecule has 0 radical (unpaired) electrons. The van der Waals surface area contributed by atoms with Crippen LogP contribution in [0.5, 0.6) is 11.5 Å². The predicted octanol–water partition coefficient (Wildman–Crippen LogP) is 4.57. The molecule has 1 heterocycles. The van der Waals surface area contributed by atoms with Gasteiger partial charge in [0.2, 0.25) is 11.8 Å². The predicted molar refractivity (Wildman–Crippen MR) is 132 cm³/mol. The summed E-state index contributed by atoms with van der Waals surface area (Å²) in [5.74, 6) is 1.39. The molecule has 2 aromatic carbocycles. The Labute approximate surface area is 202 Å². The molecular weight excluding hydrogens is 428 g/mol. The van der Waals surface area contributed by atoms with E-state index >= 15 is 0 Å². The fourth-order valence-electron chi connectivity index (χ4n) is 4.76. The van der Waals surface area contributed by atoms with Crippen LogP contribution in [0, 0.1) is 6.92 Å². The molecule has 1 aliphatic carbocycles. The van der Waals surface area contributed by atoms with Crippen LogP contribution in [0.2, 0.25) is 0 Å². The summed E-state index contributed by atoms with van der Waals surface area (Å²) in [5, 5.41) is 3.20. The molecule has 2 aromatic rings. The zero-order valence-corrected chi connectivity index (χ0v) is 20.3. The quantitative estimate of drug-likeness (QED) is 0.622. The number of fused-ring (bicyclic) bond motifs is 1. The summed E-state index contributed by atoms with van der Waals surface area (Å²) in [6.45, 7) is 5.40. The van der Waals surface area contributed by atoms with Crippen LogP contribution >= 0.6 is 0 Å². The maximum atomic E-state index is 13.4. The molecule has 34 heavy (non-hydrogen) atoms. The first-order chi connectivity index (χ1) is 16.5. The van der Waals surface area contributed by atoms with Crippen LogP contribution in [0.3, 0.4) is 0 Å². The summed E-state index contributed by atoms with van der Waals surface area (Å²) < 4.78 is 11.3. The highest BCUT2D eigenvalue weighted by atomic mass is 16.6. The topological polar surface area (TPSA) is 67.9 Å². The monoisotopic (exact) mass is 464 g/mol.